The monoisotopic (exact) mass is 339 g/mol. The molecule has 0 atom stereocenters. The normalized spacial score (nSPS) is 10.8. The van der Waals surface area contributed by atoms with Gasteiger partial charge >= 0.3 is 0 Å². The highest BCUT2D eigenvalue weighted by Crippen LogP contribution is 2.25. The Balaban J connectivity index is 1.95. The van der Waals surface area contributed by atoms with Gasteiger partial charge in [-0.05, 0) is 18.2 Å². The first-order valence-corrected chi connectivity index (χ1v) is 7.41. The van der Waals surface area contributed by atoms with Gasteiger partial charge in [0.1, 0.15) is 5.56 Å². The average molecular weight is 340 g/mol. The number of halogens is 2. The third-order valence-corrected chi connectivity index (χ3v) is 4.27. The van der Waals surface area contributed by atoms with Crippen molar-refractivity contribution in [2.24, 2.45) is 0 Å². The van der Waals surface area contributed by atoms with Crippen LogP contribution in [0.25, 0.3) is 4.96 Å². The van der Waals surface area contributed by atoms with E-state index in [1.165, 1.54) is 28.0 Å². The maximum absolute atomic E-state index is 12.2. The van der Waals surface area contributed by atoms with E-state index in [0.717, 1.165) is 0 Å². The van der Waals surface area contributed by atoms with Gasteiger partial charge in [0.2, 0.25) is 0 Å². The fraction of sp³-hybridized carbons (Fsp3) is 0. The van der Waals surface area contributed by atoms with Gasteiger partial charge in [-0.2, -0.15) is 0 Å². The Bertz CT molecular complexity index is 904. The summed E-state index contributed by atoms with van der Waals surface area (Å²) in [4.78, 5) is 28.9. The molecule has 0 spiro atoms. The van der Waals surface area contributed by atoms with Crippen molar-refractivity contribution in [2.45, 2.75) is 0 Å². The predicted octanol–water partition coefficient (Wildman–Crippen LogP) is 3.32. The van der Waals surface area contributed by atoms with Crippen molar-refractivity contribution < 1.29 is 4.79 Å². The number of fused-ring (bicyclic) bond motifs is 1. The second-order valence-electron chi connectivity index (χ2n) is 4.12. The van der Waals surface area contributed by atoms with E-state index in [-0.39, 0.29) is 5.56 Å². The Kier molecular flexibility index (Phi) is 3.67. The Hall–Kier alpha value is -1.89. The van der Waals surface area contributed by atoms with Gasteiger partial charge in [0.05, 0.1) is 10.0 Å². The van der Waals surface area contributed by atoms with E-state index in [2.05, 4.69) is 10.3 Å². The number of thiazole rings is 1. The lowest BCUT2D eigenvalue weighted by Gasteiger charge is -2.06. The molecular weight excluding hydrogens is 333 g/mol. The van der Waals surface area contributed by atoms with Gasteiger partial charge in [0, 0.05) is 23.5 Å². The van der Waals surface area contributed by atoms with Crippen molar-refractivity contribution in [3.05, 3.63) is 61.9 Å². The molecule has 1 aromatic carbocycles. The quantitative estimate of drug-likeness (QED) is 0.778. The van der Waals surface area contributed by atoms with Crippen LogP contribution in [0, 0.1) is 0 Å². The number of amides is 1. The van der Waals surface area contributed by atoms with E-state index in [0.29, 0.717) is 20.7 Å². The van der Waals surface area contributed by atoms with Crippen molar-refractivity contribution >= 4 is 51.1 Å². The lowest BCUT2D eigenvalue weighted by molar-refractivity contribution is 0.102. The number of rotatable bonds is 2. The molecule has 21 heavy (non-hydrogen) atoms. The third kappa shape index (κ3) is 2.65. The minimum Gasteiger partial charge on any atom is -0.322 e. The molecule has 0 fully saturated rings. The first-order chi connectivity index (χ1) is 10.1. The largest absolute Gasteiger partial charge is 0.322 e. The highest BCUT2D eigenvalue weighted by atomic mass is 35.5. The van der Waals surface area contributed by atoms with Crippen LogP contribution in [0.2, 0.25) is 10.0 Å². The van der Waals surface area contributed by atoms with E-state index in [4.69, 9.17) is 23.2 Å². The molecule has 0 radical (unpaired) electrons. The first-order valence-electron chi connectivity index (χ1n) is 5.77. The minimum atomic E-state index is -0.550. The Labute approximate surface area is 132 Å². The van der Waals surface area contributed by atoms with Crippen LogP contribution in [0.4, 0.5) is 5.69 Å². The second-order valence-corrected chi connectivity index (χ2v) is 5.80. The molecule has 0 unspecified atom stereocenters. The molecule has 0 saturated heterocycles. The van der Waals surface area contributed by atoms with E-state index < -0.39 is 11.5 Å². The Morgan fingerprint density at radius 2 is 2.10 bits per heavy atom. The molecule has 106 valence electrons. The number of hydrogen-bond donors (Lipinski definition) is 1. The molecule has 2 aromatic heterocycles. The van der Waals surface area contributed by atoms with E-state index in [1.807, 2.05) is 0 Å². The second kappa shape index (κ2) is 5.48. The summed E-state index contributed by atoms with van der Waals surface area (Å²) in [6.07, 6.45) is 2.84. The molecule has 5 nitrogen and oxygen atoms in total. The van der Waals surface area contributed by atoms with Crippen molar-refractivity contribution in [3.8, 4) is 0 Å². The van der Waals surface area contributed by atoms with Crippen molar-refractivity contribution in [1.29, 1.82) is 0 Å². The molecule has 3 aromatic rings. The van der Waals surface area contributed by atoms with E-state index >= 15 is 0 Å². The SMILES string of the molecule is O=C(Nc1ccc(Cl)c(Cl)c1)c1cnc2sccn2c1=O. The van der Waals surface area contributed by atoms with Gasteiger partial charge in [0.15, 0.2) is 4.96 Å². The zero-order chi connectivity index (χ0) is 15.0. The number of benzene rings is 1. The molecule has 0 aliphatic carbocycles. The highest BCUT2D eigenvalue weighted by molar-refractivity contribution is 7.15. The van der Waals surface area contributed by atoms with Crippen molar-refractivity contribution in [2.75, 3.05) is 5.32 Å². The van der Waals surface area contributed by atoms with Crippen molar-refractivity contribution in [3.63, 3.8) is 0 Å². The molecule has 1 N–H and O–H groups in total. The highest BCUT2D eigenvalue weighted by Gasteiger charge is 2.14. The number of aromatic nitrogens is 2. The summed E-state index contributed by atoms with van der Waals surface area (Å²) >= 11 is 13.0. The zero-order valence-electron chi connectivity index (χ0n) is 10.3. The van der Waals surface area contributed by atoms with Gasteiger partial charge < -0.3 is 5.32 Å². The zero-order valence-corrected chi connectivity index (χ0v) is 12.7. The van der Waals surface area contributed by atoms with E-state index in [9.17, 15) is 9.59 Å². The van der Waals surface area contributed by atoms with Gasteiger partial charge in [-0.15, -0.1) is 11.3 Å². The Morgan fingerprint density at radius 3 is 2.86 bits per heavy atom. The molecule has 0 saturated carbocycles. The van der Waals surface area contributed by atoms with Crippen LogP contribution in [0.15, 0.2) is 40.8 Å². The summed E-state index contributed by atoms with van der Waals surface area (Å²) in [6.45, 7) is 0. The number of anilines is 1. The topological polar surface area (TPSA) is 63.5 Å². The summed E-state index contributed by atoms with van der Waals surface area (Å²) in [7, 11) is 0. The number of nitrogens with one attached hydrogen (secondary N) is 1. The summed E-state index contributed by atoms with van der Waals surface area (Å²) in [6, 6.07) is 4.67. The molecule has 0 bridgehead atoms. The van der Waals surface area contributed by atoms with Crippen LogP contribution in [0.1, 0.15) is 10.4 Å². The molecule has 0 aliphatic rings. The Morgan fingerprint density at radius 1 is 1.29 bits per heavy atom. The van der Waals surface area contributed by atoms with Gasteiger partial charge in [-0.3, -0.25) is 14.0 Å². The summed E-state index contributed by atoms with van der Waals surface area (Å²) in [5.41, 5.74) is -0.0139. The van der Waals surface area contributed by atoms with Crippen LogP contribution in [0.3, 0.4) is 0 Å². The van der Waals surface area contributed by atoms with Crippen LogP contribution in [-0.4, -0.2) is 15.3 Å². The summed E-state index contributed by atoms with van der Waals surface area (Å²) in [5, 5.41) is 5.02. The van der Waals surface area contributed by atoms with Crippen LogP contribution in [-0.2, 0) is 0 Å². The van der Waals surface area contributed by atoms with Gasteiger partial charge in [-0.25, -0.2) is 4.98 Å². The molecular formula is C13H7Cl2N3O2S. The molecule has 1 amide bonds. The summed E-state index contributed by atoms with van der Waals surface area (Å²) in [5.74, 6) is -0.550. The van der Waals surface area contributed by atoms with E-state index in [1.54, 1.807) is 23.7 Å². The smallest absolute Gasteiger partial charge is 0.271 e. The molecule has 8 heteroatoms. The van der Waals surface area contributed by atoms with Crippen molar-refractivity contribution in [1.82, 2.24) is 9.38 Å². The summed E-state index contributed by atoms with van der Waals surface area (Å²) < 4.78 is 1.33. The third-order valence-electron chi connectivity index (χ3n) is 2.76. The number of hydrogen-bond acceptors (Lipinski definition) is 4. The maximum Gasteiger partial charge on any atom is 0.271 e. The lowest BCUT2D eigenvalue weighted by Crippen LogP contribution is -2.25. The molecule has 0 aliphatic heterocycles. The number of nitrogens with zero attached hydrogens (tertiary/aromatic N) is 2. The van der Waals surface area contributed by atoms with Crippen LogP contribution in [0.5, 0.6) is 0 Å². The fourth-order valence-corrected chi connectivity index (χ4v) is 2.73. The van der Waals surface area contributed by atoms with Crippen LogP contribution < -0.4 is 10.9 Å². The number of carbonyl (C=O) groups excluding carboxylic acids is 1. The van der Waals surface area contributed by atoms with Gasteiger partial charge in [-0.1, -0.05) is 23.2 Å². The van der Waals surface area contributed by atoms with Crippen LogP contribution >= 0.6 is 34.5 Å². The fourth-order valence-electron chi connectivity index (χ4n) is 1.75. The molecule has 2 heterocycles. The minimum absolute atomic E-state index is 0.0445. The first kappa shape index (κ1) is 14.1. The maximum atomic E-state index is 12.2. The lowest BCUT2D eigenvalue weighted by atomic mass is 10.2. The molecule has 3 rings (SSSR count). The standard InChI is InChI=1S/C13H7Cl2N3O2S/c14-9-2-1-7(5-10(9)15)17-11(19)8-6-16-13-18(12(8)20)3-4-21-13/h1-6H,(H,17,19). The number of carbonyl (C=O) groups is 1. The predicted molar refractivity (Wildman–Crippen MR) is 83.8 cm³/mol. The van der Waals surface area contributed by atoms with Gasteiger partial charge in [0.25, 0.3) is 11.5 Å². The average Bonchev–Trinajstić information content (AvgIpc) is 2.92.